The quantitative estimate of drug-likeness (QED) is 0.690. The predicted molar refractivity (Wildman–Crippen MR) is 69.1 cm³/mol. The first-order chi connectivity index (χ1) is 8.56. The molecule has 1 aromatic carbocycles. The fraction of sp³-hybridized carbons (Fsp3) is 0.200. The van der Waals surface area contributed by atoms with Crippen molar-refractivity contribution in [2.75, 3.05) is 5.32 Å². The molecule has 2 aromatic rings. The number of aryl methyl sites for hydroxylation is 1. The second-order valence-electron chi connectivity index (χ2n) is 3.66. The summed E-state index contributed by atoms with van der Waals surface area (Å²) in [6, 6.07) is 4.76. The zero-order chi connectivity index (χ0) is 13.1. The summed E-state index contributed by atoms with van der Waals surface area (Å²) in [5.41, 5.74) is 1.62. The molecule has 1 heterocycles. The van der Waals surface area contributed by atoms with Gasteiger partial charge in [-0.2, -0.15) is 0 Å². The summed E-state index contributed by atoms with van der Waals surface area (Å²) in [6.45, 7) is 0.512. The average Bonchev–Trinajstić information content (AvgIpc) is 2.72. The summed E-state index contributed by atoms with van der Waals surface area (Å²) < 4.78 is 2.06. The van der Waals surface area contributed by atoms with Crippen LogP contribution in [0.1, 0.15) is 5.69 Å². The Morgan fingerprint density at radius 2 is 2.33 bits per heavy atom. The number of nitro groups is 1. The smallest absolute Gasteiger partial charge is 0.283 e. The van der Waals surface area contributed by atoms with Crippen molar-refractivity contribution in [3.63, 3.8) is 0 Å². The molecule has 0 unspecified atom stereocenters. The third kappa shape index (κ3) is 2.83. The largest absolute Gasteiger partial charge is 0.379 e. The Morgan fingerprint density at radius 3 is 2.89 bits per heavy atom. The molecule has 0 bridgehead atoms. The summed E-state index contributed by atoms with van der Waals surface area (Å²) in [7, 11) is 1.79. The summed E-state index contributed by atoms with van der Waals surface area (Å²) in [5, 5.41) is 21.5. The molecule has 0 radical (unpaired) electrons. The molecule has 0 fully saturated rings. The molecule has 0 aliphatic carbocycles. The van der Waals surface area contributed by atoms with Gasteiger partial charge in [0, 0.05) is 25.0 Å². The Morgan fingerprint density at radius 1 is 1.56 bits per heavy atom. The van der Waals surface area contributed by atoms with Gasteiger partial charge < -0.3 is 5.32 Å². The number of nitrogens with one attached hydrogen (secondary N) is 1. The molecular weight excluding hydrogens is 302 g/mol. The number of halogens is 1. The molecule has 0 saturated heterocycles. The van der Waals surface area contributed by atoms with Crippen LogP contribution < -0.4 is 5.32 Å². The lowest BCUT2D eigenvalue weighted by atomic mass is 10.3. The minimum Gasteiger partial charge on any atom is -0.379 e. The maximum absolute atomic E-state index is 10.6. The molecule has 8 heteroatoms. The lowest BCUT2D eigenvalue weighted by Gasteiger charge is -2.04. The highest BCUT2D eigenvalue weighted by Gasteiger charge is 2.11. The van der Waals surface area contributed by atoms with Crippen molar-refractivity contribution in [3.8, 4) is 0 Å². The molecule has 7 nitrogen and oxygen atoms in total. The van der Waals surface area contributed by atoms with Crippen LogP contribution in [0.2, 0.25) is 0 Å². The Bertz CT molecular complexity index is 583. The zero-order valence-electron chi connectivity index (χ0n) is 9.50. The van der Waals surface area contributed by atoms with Crippen LogP contribution in [0.3, 0.4) is 0 Å². The second kappa shape index (κ2) is 5.13. The maximum atomic E-state index is 10.6. The van der Waals surface area contributed by atoms with Gasteiger partial charge in [-0.15, -0.1) is 5.10 Å². The van der Waals surface area contributed by atoms with Gasteiger partial charge in [-0.1, -0.05) is 5.21 Å². The molecule has 1 aromatic heterocycles. The van der Waals surface area contributed by atoms with E-state index < -0.39 is 4.92 Å². The minimum absolute atomic E-state index is 0.0417. The van der Waals surface area contributed by atoms with Gasteiger partial charge in [0.1, 0.15) is 5.69 Å². The van der Waals surface area contributed by atoms with Crippen LogP contribution in [-0.2, 0) is 13.6 Å². The SMILES string of the molecule is Cn1cc(CNc2ccc([N+](=O)[O-])c(Br)c2)nn1. The molecule has 0 aliphatic rings. The summed E-state index contributed by atoms with van der Waals surface area (Å²) in [6.07, 6.45) is 1.80. The number of benzene rings is 1. The molecule has 94 valence electrons. The van der Waals surface area contributed by atoms with Crippen molar-refractivity contribution in [2.24, 2.45) is 7.05 Å². The van der Waals surface area contributed by atoms with E-state index in [0.29, 0.717) is 11.0 Å². The maximum Gasteiger partial charge on any atom is 0.283 e. The Balaban J connectivity index is 2.06. The van der Waals surface area contributed by atoms with Crippen LogP contribution in [0.25, 0.3) is 0 Å². The third-order valence-electron chi connectivity index (χ3n) is 2.27. The molecule has 0 spiro atoms. The van der Waals surface area contributed by atoms with E-state index in [-0.39, 0.29) is 5.69 Å². The number of nitrogens with zero attached hydrogens (tertiary/aromatic N) is 4. The fourth-order valence-corrected chi connectivity index (χ4v) is 1.96. The van der Waals surface area contributed by atoms with Gasteiger partial charge in [-0.05, 0) is 28.1 Å². The van der Waals surface area contributed by atoms with Crippen molar-refractivity contribution < 1.29 is 4.92 Å². The van der Waals surface area contributed by atoms with Crippen molar-refractivity contribution in [3.05, 3.63) is 44.7 Å². The number of nitro benzene ring substituents is 1. The predicted octanol–water partition coefficient (Wildman–Crippen LogP) is 2.10. The molecule has 0 saturated carbocycles. The van der Waals surface area contributed by atoms with Crippen LogP contribution in [0.4, 0.5) is 11.4 Å². The number of aromatic nitrogens is 3. The van der Waals surface area contributed by atoms with Crippen LogP contribution in [-0.4, -0.2) is 19.9 Å². The Hall–Kier alpha value is -1.96. The topological polar surface area (TPSA) is 85.9 Å². The molecule has 2 rings (SSSR count). The van der Waals surface area contributed by atoms with E-state index in [9.17, 15) is 10.1 Å². The highest BCUT2D eigenvalue weighted by molar-refractivity contribution is 9.10. The normalized spacial score (nSPS) is 10.3. The first kappa shape index (κ1) is 12.5. The fourth-order valence-electron chi connectivity index (χ4n) is 1.43. The summed E-state index contributed by atoms with van der Waals surface area (Å²) >= 11 is 3.16. The van der Waals surface area contributed by atoms with E-state index in [2.05, 4.69) is 31.6 Å². The number of rotatable bonds is 4. The number of anilines is 1. The highest BCUT2D eigenvalue weighted by atomic mass is 79.9. The lowest BCUT2D eigenvalue weighted by molar-refractivity contribution is -0.385. The summed E-state index contributed by atoms with van der Waals surface area (Å²) in [4.78, 5) is 10.2. The molecule has 0 aliphatic heterocycles. The first-order valence-corrected chi connectivity index (χ1v) is 5.88. The van der Waals surface area contributed by atoms with E-state index in [1.807, 2.05) is 0 Å². The van der Waals surface area contributed by atoms with E-state index >= 15 is 0 Å². The van der Waals surface area contributed by atoms with E-state index in [0.717, 1.165) is 11.4 Å². The van der Waals surface area contributed by atoms with Crippen LogP contribution >= 0.6 is 15.9 Å². The van der Waals surface area contributed by atoms with Gasteiger partial charge in [-0.25, -0.2) is 0 Å². The number of hydrogen-bond acceptors (Lipinski definition) is 5. The van der Waals surface area contributed by atoms with Crippen LogP contribution in [0, 0.1) is 10.1 Å². The van der Waals surface area contributed by atoms with Crippen molar-refractivity contribution >= 4 is 27.3 Å². The average molecular weight is 312 g/mol. The van der Waals surface area contributed by atoms with Gasteiger partial charge in [0.2, 0.25) is 0 Å². The van der Waals surface area contributed by atoms with Gasteiger partial charge in [0.15, 0.2) is 0 Å². The lowest BCUT2D eigenvalue weighted by Crippen LogP contribution is -2.00. The first-order valence-electron chi connectivity index (χ1n) is 5.09. The van der Waals surface area contributed by atoms with Crippen molar-refractivity contribution in [1.29, 1.82) is 0 Å². The Kier molecular flexibility index (Phi) is 3.56. The standard InChI is InChI=1S/C10H10BrN5O2/c1-15-6-8(13-14-15)5-12-7-2-3-10(16(17)18)9(11)4-7/h2-4,6,12H,5H2,1H3. The molecule has 1 N–H and O–H groups in total. The summed E-state index contributed by atoms with van der Waals surface area (Å²) in [5.74, 6) is 0. The third-order valence-corrected chi connectivity index (χ3v) is 2.90. The molecular formula is C10H10BrN5O2. The molecule has 18 heavy (non-hydrogen) atoms. The van der Waals surface area contributed by atoms with Gasteiger partial charge in [0.05, 0.1) is 15.9 Å². The zero-order valence-corrected chi connectivity index (χ0v) is 11.1. The van der Waals surface area contributed by atoms with Crippen molar-refractivity contribution in [2.45, 2.75) is 6.54 Å². The van der Waals surface area contributed by atoms with Crippen LogP contribution in [0.15, 0.2) is 28.9 Å². The second-order valence-corrected chi connectivity index (χ2v) is 4.51. The Labute approximate surface area is 111 Å². The van der Waals surface area contributed by atoms with Gasteiger partial charge in [-0.3, -0.25) is 14.8 Å². The molecule has 0 atom stereocenters. The van der Waals surface area contributed by atoms with Gasteiger partial charge >= 0.3 is 0 Å². The van der Waals surface area contributed by atoms with E-state index in [1.54, 1.807) is 30.1 Å². The highest BCUT2D eigenvalue weighted by Crippen LogP contribution is 2.27. The minimum atomic E-state index is -0.434. The monoisotopic (exact) mass is 311 g/mol. The van der Waals surface area contributed by atoms with Crippen LogP contribution in [0.5, 0.6) is 0 Å². The molecule has 0 amide bonds. The van der Waals surface area contributed by atoms with E-state index in [4.69, 9.17) is 0 Å². The number of hydrogen-bond donors (Lipinski definition) is 1. The van der Waals surface area contributed by atoms with Crippen molar-refractivity contribution in [1.82, 2.24) is 15.0 Å². The van der Waals surface area contributed by atoms with E-state index in [1.165, 1.54) is 6.07 Å². The van der Waals surface area contributed by atoms with Gasteiger partial charge in [0.25, 0.3) is 5.69 Å².